The molecule has 4 heterocycles. The fourth-order valence-electron chi connectivity index (χ4n) is 3.92. The highest BCUT2D eigenvalue weighted by molar-refractivity contribution is 7.15. The number of fused-ring (bicyclic) bond motifs is 2. The lowest BCUT2D eigenvalue weighted by atomic mass is 10.0. The molecule has 0 saturated carbocycles. The molecule has 3 aromatic rings. The number of imidazole rings is 1. The molecule has 0 N–H and O–H groups in total. The number of nitrogens with zero attached hydrogens (tertiary/aromatic N) is 3. The molecular weight excluding hydrogens is 362 g/mol. The van der Waals surface area contributed by atoms with Gasteiger partial charge in [0.25, 0.3) is 0 Å². The number of benzene rings is 1. The molecule has 140 valence electrons. The van der Waals surface area contributed by atoms with Gasteiger partial charge in [0.1, 0.15) is 0 Å². The Kier molecular flexibility index (Phi) is 4.24. The minimum Gasteiger partial charge on any atom is -0.490 e. The summed E-state index contributed by atoms with van der Waals surface area (Å²) in [5.41, 5.74) is 1.95. The predicted molar refractivity (Wildman–Crippen MR) is 103 cm³/mol. The van der Waals surface area contributed by atoms with E-state index in [-0.39, 0.29) is 11.9 Å². The Balaban J connectivity index is 1.35. The van der Waals surface area contributed by atoms with Crippen molar-refractivity contribution in [2.75, 3.05) is 19.8 Å². The molecule has 1 aromatic carbocycles. The molecule has 7 heteroatoms. The lowest BCUT2D eigenvalue weighted by Crippen LogP contribution is -2.31. The Morgan fingerprint density at radius 2 is 2.11 bits per heavy atom. The van der Waals surface area contributed by atoms with Crippen molar-refractivity contribution in [3.05, 3.63) is 47.2 Å². The van der Waals surface area contributed by atoms with Gasteiger partial charge in [0, 0.05) is 30.7 Å². The predicted octanol–water partition coefficient (Wildman–Crippen LogP) is 3.46. The molecule has 1 saturated heterocycles. The topological polar surface area (TPSA) is 56.1 Å². The van der Waals surface area contributed by atoms with Crippen LogP contribution in [0.3, 0.4) is 0 Å². The third-order valence-electron chi connectivity index (χ3n) is 5.20. The molecule has 2 aliphatic heterocycles. The van der Waals surface area contributed by atoms with Crippen molar-refractivity contribution in [1.82, 2.24) is 14.3 Å². The van der Waals surface area contributed by atoms with Gasteiger partial charge >= 0.3 is 0 Å². The summed E-state index contributed by atoms with van der Waals surface area (Å²) in [5, 5.41) is 1.99. The quantitative estimate of drug-likeness (QED) is 0.695. The average molecular weight is 383 g/mol. The van der Waals surface area contributed by atoms with E-state index in [1.165, 1.54) is 0 Å². The molecule has 2 aromatic heterocycles. The molecular formula is C20H21N3O3S. The van der Waals surface area contributed by atoms with Gasteiger partial charge in [0.15, 0.2) is 16.5 Å². The van der Waals surface area contributed by atoms with E-state index in [0.29, 0.717) is 19.6 Å². The molecule has 0 radical (unpaired) electrons. The van der Waals surface area contributed by atoms with Gasteiger partial charge in [-0.25, -0.2) is 4.98 Å². The number of thiazole rings is 1. The fraction of sp³-hybridized carbons (Fsp3) is 0.400. The van der Waals surface area contributed by atoms with Gasteiger partial charge < -0.3 is 14.4 Å². The summed E-state index contributed by atoms with van der Waals surface area (Å²) in [6, 6.07) is 6.18. The number of hydrogen-bond acceptors (Lipinski definition) is 5. The number of amides is 1. The average Bonchev–Trinajstić information content (AvgIpc) is 3.34. The molecule has 27 heavy (non-hydrogen) atoms. The molecule has 0 spiro atoms. The number of aromatic nitrogens is 2. The largest absolute Gasteiger partial charge is 0.490 e. The van der Waals surface area contributed by atoms with Crippen LogP contribution in [0.15, 0.2) is 36.0 Å². The summed E-state index contributed by atoms with van der Waals surface area (Å²) in [4.78, 5) is 20.4. The van der Waals surface area contributed by atoms with Gasteiger partial charge in [-0.05, 0) is 30.5 Å². The zero-order valence-electron chi connectivity index (χ0n) is 15.0. The first-order valence-corrected chi connectivity index (χ1v) is 10.3. The van der Waals surface area contributed by atoms with Crippen molar-refractivity contribution in [2.45, 2.75) is 31.7 Å². The first-order valence-electron chi connectivity index (χ1n) is 9.38. The summed E-state index contributed by atoms with van der Waals surface area (Å²) in [5.74, 6) is 1.72. The van der Waals surface area contributed by atoms with Crippen molar-refractivity contribution >= 4 is 22.2 Å². The zero-order valence-corrected chi connectivity index (χ0v) is 15.8. The van der Waals surface area contributed by atoms with E-state index in [1.807, 2.05) is 39.2 Å². The maximum absolute atomic E-state index is 13.0. The number of carbonyl (C=O) groups is 1. The molecule has 1 amide bonds. The van der Waals surface area contributed by atoms with Crippen molar-refractivity contribution in [3.63, 3.8) is 0 Å². The van der Waals surface area contributed by atoms with Crippen LogP contribution in [0.5, 0.6) is 11.5 Å². The lowest BCUT2D eigenvalue weighted by molar-refractivity contribution is -0.131. The molecule has 2 aliphatic rings. The van der Waals surface area contributed by atoms with E-state index in [1.54, 1.807) is 11.3 Å². The van der Waals surface area contributed by atoms with E-state index in [4.69, 9.17) is 9.47 Å². The van der Waals surface area contributed by atoms with Crippen molar-refractivity contribution in [2.24, 2.45) is 0 Å². The normalized spacial score (nSPS) is 19.4. The second-order valence-corrected chi connectivity index (χ2v) is 7.88. The lowest BCUT2D eigenvalue weighted by Gasteiger charge is -2.25. The molecule has 6 nitrogen and oxygen atoms in total. The van der Waals surface area contributed by atoms with Crippen molar-refractivity contribution in [3.8, 4) is 11.5 Å². The number of ether oxygens (including phenoxy) is 2. The molecule has 5 rings (SSSR count). The molecule has 1 atom stereocenters. The van der Waals surface area contributed by atoms with Crippen LogP contribution in [-0.2, 0) is 11.2 Å². The van der Waals surface area contributed by atoms with Gasteiger partial charge in [-0.2, -0.15) is 0 Å². The van der Waals surface area contributed by atoms with E-state index in [9.17, 15) is 4.79 Å². The Morgan fingerprint density at radius 3 is 3.00 bits per heavy atom. The van der Waals surface area contributed by atoms with Crippen LogP contribution in [0.25, 0.3) is 4.96 Å². The maximum Gasteiger partial charge on any atom is 0.229 e. The Labute approximate surface area is 161 Å². The first-order chi connectivity index (χ1) is 13.3. The number of hydrogen-bond donors (Lipinski definition) is 0. The standard InChI is InChI=1S/C20H21N3O3S/c24-19(12-15-13-22-7-10-27-20(22)21-15)23-6-1-3-16(23)14-4-5-17-18(11-14)26-9-2-8-25-17/h4-5,7,10-11,13,16H,1-3,6,8-9,12H2/t16-/m0/s1. The summed E-state index contributed by atoms with van der Waals surface area (Å²) in [7, 11) is 0. The summed E-state index contributed by atoms with van der Waals surface area (Å²) < 4.78 is 13.5. The first kappa shape index (κ1) is 16.6. The summed E-state index contributed by atoms with van der Waals surface area (Å²) in [6.07, 6.45) is 7.14. The third-order valence-corrected chi connectivity index (χ3v) is 5.98. The van der Waals surface area contributed by atoms with Gasteiger partial charge in [-0.3, -0.25) is 9.20 Å². The molecule has 0 unspecified atom stereocenters. The maximum atomic E-state index is 13.0. The Morgan fingerprint density at radius 1 is 1.22 bits per heavy atom. The van der Waals surface area contributed by atoms with Crippen LogP contribution < -0.4 is 9.47 Å². The van der Waals surface area contributed by atoms with Crippen molar-refractivity contribution in [1.29, 1.82) is 0 Å². The minimum atomic E-state index is 0.0957. The molecule has 1 fully saturated rings. The van der Waals surface area contributed by atoms with Gasteiger partial charge in [-0.15, -0.1) is 11.3 Å². The van der Waals surface area contributed by atoms with E-state index >= 15 is 0 Å². The molecule has 0 aliphatic carbocycles. The third kappa shape index (κ3) is 3.16. The van der Waals surface area contributed by atoms with Crippen LogP contribution in [0, 0.1) is 0 Å². The Hall–Kier alpha value is -2.54. The van der Waals surface area contributed by atoms with Crippen molar-refractivity contribution < 1.29 is 14.3 Å². The second-order valence-electron chi connectivity index (χ2n) is 7.00. The smallest absolute Gasteiger partial charge is 0.229 e. The Bertz CT molecular complexity index is 951. The van der Waals surface area contributed by atoms with E-state index < -0.39 is 0 Å². The highest BCUT2D eigenvalue weighted by Crippen LogP contribution is 2.38. The highest BCUT2D eigenvalue weighted by Gasteiger charge is 2.31. The van der Waals surface area contributed by atoms with E-state index in [2.05, 4.69) is 11.1 Å². The van der Waals surface area contributed by atoms with Crippen LogP contribution in [0.1, 0.15) is 36.6 Å². The number of likely N-dealkylation sites (tertiary alicyclic amines) is 1. The van der Waals surface area contributed by atoms with Gasteiger partial charge in [-0.1, -0.05) is 6.07 Å². The molecule has 0 bridgehead atoms. The minimum absolute atomic E-state index is 0.0957. The van der Waals surface area contributed by atoms with Gasteiger partial charge in [0.05, 0.1) is 31.4 Å². The monoisotopic (exact) mass is 383 g/mol. The summed E-state index contributed by atoms with van der Waals surface area (Å²) >= 11 is 1.58. The number of carbonyl (C=O) groups excluding carboxylic acids is 1. The highest BCUT2D eigenvalue weighted by atomic mass is 32.1. The second kappa shape index (κ2) is 6.88. The van der Waals surface area contributed by atoms with E-state index in [0.717, 1.165) is 53.5 Å². The van der Waals surface area contributed by atoms with Crippen LogP contribution in [-0.4, -0.2) is 40.0 Å². The fourth-order valence-corrected chi connectivity index (χ4v) is 4.64. The SMILES string of the molecule is O=C(Cc1cn2ccsc2n1)N1CCC[C@H]1c1ccc2c(c1)OCCCO2. The van der Waals surface area contributed by atoms with Crippen LogP contribution >= 0.6 is 11.3 Å². The van der Waals surface area contributed by atoms with Crippen LogP contribution in [0.2, 0.25) is 0 Å². The number of rotatable bonds is 3. The van der Waals surface area contributed by atoms with Crippen LogP contribution in [0.4, 0.5) is 0 Å². The van der Waals surface area contributed by atoms with Gasteiger partial charge in [0.2, 0.25) is 5.91 Å². The zero-order chi connectivity index (χ0) is 18.2. The summed E-state index contributed by atoms with van der Waals surface area (Å²) in [6.45, 7) is 2.14.